The van der Waals surface area contributed by atoms with Gasteiger partial charge in [-0.2, -0.15) is 0 Å². The van der Waals surface area contributed by atoms with E-state index < -0.39 is 5.97 Å². The molecule has 0 aliphatic heterocycles. The van der Waals surface area contributed by atoms with Gasteiger partial charge in [0.2, 0.25) is 0 Å². The normalized spacial score (nSPS) is 12.0. The highest BCUT2D eigenvalue weighted by molar-refractivity contribution is 4.98. The summed E-state index contributed by atoms with van der Waals surface area (Å²) in [6, 6.07) is 0. The van der Waals surface area contributed by atoms with E-state index in [0.29, 0.717) is 25.6 Å². The van der Waals surface area contributed by atoms with Crippen molar-refractivity contribution in [3.8, 4) is 0 Å². The predicted octanol–water partition coefficient (Wildman–Crippen LogP) is 2.90. The molecule has 0 saturated heterocycles. The van der Waals surface area contributed by atoms with Crippen LogP contribution in [-0.2, 0) is 26.7 Å². The lowest BCUT2D eigenvalue weighted by Gasteiger charge is -2.31. The van der Waals surface area contributed by atoms with Gasteiger partial charge >= 0.3 is 5.97 Å². The van der Waals surface area contributed by atoms with Crippen LogP contribution in [0.4, 0.5) is 0 Å². The third-order valence-corrected chi connectivity index (χ3v) is 2.74. The minimum atomic E-state index is -1.19. The van der Waals surface area contributed by atoms with Crippen LogP contribution in [0, 0.1) is 0 Å². The van der Waals surface area contributed by atoms with Crippen LogP contribution in [-0.4, -0.2) is 29.4 Å². The number of imidazole rings is 1. The molecule has 0 amide bonds. The average molecular weight is 270 g/mol. The monoisotopic (exact) mass is 270 g/mol. The van der Waals surface area contributed by atoms with E-state index in [0.717, 1.165) is 19.4 Å². The van der Waals surface area contributed by atoms with Gasteiger partial charge in [-0.1, -0.05) is 13.3 Å². The first-order valence-corrected chi connectivity index (χ1v) is 7.17. The van der Waals surface area contributed by atoms with Crippen molar-refractivity contribution in [1.82, 2.24) is 9.55 Å². The Kier molecular flexibility index (Phi) is 7.05. The van der Waals surface area contributed by atoms with Crippen molar-refractivity contribution in [3.05, 3.63) is 18.2 Å². The first-order chi connectivity index (χ1) is 9.24. The summed E-state index contributed by atoms with van der Waals surface area (Å²) in [6.07, 6.45) is 5.92. The van der Waals surface area contributed by atoms with Crippen molar-refractivity contribution in [2.75, 3.05) is 19.8 Å². The molecule has 0 aliphatic rings. The summed E-state index contributed by atoms with van der Waals surface area (Å²) in [5, 5.41) is 0. The van der Waals surface area contributed by atoms with Crippen LogP contribution < -0.4 is 0 Å². The maximum Gasteiger partial charge on any atom is 0.346 e. The van der Waals surface area contributed by atoms with Crippen LogP contribution in [0.1, 0.15) is 46.4 Å². The Morgan fingerprint density at radius 2 is 1.63 bits per heavy atom. The topological polar surface area (TPSA) is 45.5 Å². The molecular weight excluding hydrogens is 244 g/mol. The van der Waals surface area contributed by atoms with E-state index in [1.54, 1.807) is 6.20 Å². The third-order valence-electron chi connectivity index (χ3n) is 2.74. The molecule has 0 atom stereocenters. The Morgan fingerprint density at radius 1 is 1.05 bits per heavy atom. The molecule has 0 unspecified atom stereocenters. The number of aryl methyl sites for hydroxylation is 1. The Bertz CT molecular complexity index is 335. The Hall–Kier alpha value is -0.910. The maximum absolute atomic E-state index is 5.75. The molecule has 0 N–H and O–H groups in total. The fraction of sp³-hybridized carbons (Fsp3) is 0.786. The fourth-order valence-corrected chi connectivity index (χ4v) is 1.98. The summed E-state index contributed by atoms with van der Waals surface area (Å²) >= 11 is 0. The molecule has 1 aromatic heterocycles. The standard InChI is InChI=1S/C14H26N2O3/c1-5-9-11-16-12-10-15-13(16)14(17-6-2,18-7-3)19-8-4/h10,12H,5-9,11H2,1-4H3. The molecule has 0 bridgehead atoms. The second-order valence-corrected chi connectivity index (χ2v) is 4.15. The highest BCUT2D eigenvalue weighted by Gasteiger charge is 2.39. The average Bonchev–Trinajstić information content (AvgIpc) is 2.86. The van der Waals surface area contributed by atoms with Crippen molar-refractivity contribution in [2.45, 2.75) is 53.1 Å². The Balaban J connectivity index is 3.03. The number of hydrogen-bond acceptors (Lipinski definition) is 4. The lowest BCUT2D eigenvalue weighted by molar-refractivity contribution is -0.394. The van der Waals surface area contributed by atoms with Gasteiger partial charge in [0.25, 0.3) is 0 Å². The van der Waals surface area contributed by atoms with Gasteiger partial charge < -0.3 is 18.8 Å². The quantitative estimate of drug-likeness (QED) is 0.613. The van der Waals surface area contributed by atoms with Gasteiger partial charge in [0, 0.05) is 18.9 Å². The minimum Gasteiger partial charge on any atom is -0.328 e. The van der Waals surface area contributed by atoms with Gasteiger partial charge in [0.15, 0.2) is 5.82 Å². The molecule has 1 aromatic rings. The highest BCUT2D eigenvalue weighted by Crippen LogP contribution is 2.28. The Labute approximate surface area is 115 Å². The zero-order valence-electron chi connectivity index (χ0n) is 12.5. The van der Waals surface area contributed by atoms with E-state index in [2.05, 4.69) is 11.9 Å². The first kappa shape index (κ1) is 16.1. The second kappa shape index (κ2) is 8.30. The molecule has 1 rings (SSSR count). The molecule has 0 radical (unpaired) electrons. The molecule has 0 fully saturated rings. The van der Waals surface area contributed by atoms with E-state index in [9.17, 15) is 0 Å². The van der Waals surface area contributed by atoms with Crippen LogP contribution >= 0.6 is 0 Å². The zero-order valence-corrected chi connectivity index (χ0v) is 12.5. The first-order valence-electron chi connectivity index (χ1n) is 7.17. The van der Waals surface area contributed by atoms with Crippen molar-refractivity contribution in [3.63, 3.8) is 0 Å². The van der Waals surface area contributed by atoms with Gasteiger partial charge in [-0.15, -0.1) is 0 Å². The molecule has 19 heavy (non-hydrogen) atoms. The summed E-state index contributed by atoms with van der Waals surface area (Å²) in [5.41, 5.74) is 0. The molecule has 5 heteroatoms. The van der Waals surface area contributed by atoms with E-state index in [4.69, 9.17) is 14.2 Å². The van der Waals surface area contributed by atoms with Gasteiger partial charge in [0.1, 0.15) is 0 Å². The van der Waals surface area contributed by atoms with Crippen LogP contribution in [0.25, 0.3) is 0 Å². The molecule has 0 aromatic carbocycles. The van der Waals surface area contributed by atoms with Gasteiger partial charge in [-0.05, 0) is 27.2 Å². The molecule has 1 heterocycles. The number of aromatic nitrogens is 2. The largest absolute Gasteiger partial charge is 0.346 e. The molecular formula is C14H26N2O3. The second-order valence-electron chi connectivity index (χ2n) is 4.15. The number of hydrogen-bond donors (Lipinski definition) is 0. The third kappa shape index (κ3) is 4.03. The number of rotatable bonds is 10. The van der Waals surface area contributed by atoms with E-state index in [1.165, 1.54) is 0 Å². The lowest BCUT2D eigenvalue weighted by Crippen LogP contribution is -2.39. The van der Waals surface area contributed by atoms with Crippen LogP contribution in [0.5, 0.6) is 0 Å². The molecule has 0 aliphatic carbocycles. The van der Waals surface area contributed by atoms with Crippen molar-refractivity contribution in [2.24, 2.45) is 0 Å². The van der Waals surface area contributed by atoms with Crippen LogP contribution in [0.2, 0.25) is 0 Å². The number of ether oxygens (including phenoxy) is 3. The van der Waals surface area contributed by atoms with Crippen molar-refractivity contribution in [1.29, 1.82) is 0 Å². The highest BCUT2D eigenvalue weighted by atomic mass is 16.9. The van der Waals surface area contributed by atoms with E-state index >= 15 is 0 Å². The van der Waals surface area contributed by atoms with E-state index in [-0.39, 0.29) is 0 Å². The molecule has 110 valence electrons. The molecule has 5 nitrogen and oxygen atoms in total. The Morgan fingerprint density at radius 3 is 2.11 bits per heavy atom. The lowest BCUT2D eigenvalue weighted by atomic mass is 10.3. The predicted molar refractivity (Wildman–Crippen MR) is 73.7 cm³/mol. The molecule has 0 spiro atoms. The maximum atomic E-state index is 5.75. The summed E-state index contributed by atoms with van der Waals surface area (Å²) in [5.74, 6) is -0.498. The van der Waals surface area contributed by atoms with Crippen molar-refractivity contribution >= 4 is 0 Å². The minimum absolute atomic E-state index is 0.501. The summed E-state index contributed by atoms with van der Waals surface area (Å²) in [4.78, 5) is 4.39. The summed E-state index contributed by atoms with van der Waals surface area (Å²) in [7, 11) is 0. The molecule has 0 saturated carbocycles. The fourth-order valence-electron chi connectivity index (χ4n) is 1.98. The number of nitrogens with zero attached hydrogens (tertiary/aromatic N) is 2. The summed E-state index contributed by atoms with van der Waals surface area (Å²) in [6.45, 7) is 10.3. The summed E-state index contributed by atoms with van der Waals surface area (Å²) < 4.78 is 19.3. The van der Waals surface area contributed by atoms with Crippen molar-refractivity contribution < 1.29 is 14.2 Å². The van der Waals surface area contributed by atoms with Crippen LogP contribution in [0.3, 0.4) is 0 Å². The SMILES string of the molecule is CCCCn1ccnc1C(OCC)(OCC)OCC. The van der Waals surface area contributed by atoms with Gasteiger partial charge in [-0.3, -0.25) is 0 Å². The van der Waals surface area contributed by atoms with Gasteiger partial charge in [0.05, 0.1) is 19.8 Å². The van der Waals surface area contributed by atoms with Gasteiger partial charge in [-0.25, -0.2) is 4.98 Å². The van der Waals surface area contributed by atoms with Crippen LogP contribution in [0.15, 0.2) is 12.4 Å². The zero-order chi connectivity index (χ0) is 14.1. The number of unbranched alkanes of at least 4 members (excludes halogenated alkanes) is 1. The smallest absolute Gasteiger partial charge is 0.328 e. The van der Waals surface area contributed by atoms with E-state index in [1.807, 2.05) is 31.5 Å².